The molecule has 0 bridgehead atoms. The lowest BCUT2D eigenvalue weighted by Crippen LogP contribution is -2.42. The molecule has 0 aliphatic carbocycles. The number of methoxy groups -OCH3 is 1. The molecule has 2 N–H and O–H groups in total. The number of carboxylic acids is 1. The molecule has 1 aromatic carbocycles. The maximum Gasteiger partial charge on any atom is 0.326 e. The van der Waals surface area contributed by atoms with Gasteiger partial charge in [0, 0.05) is 0 Å². The van der Waals surface area contributed by atoms with Crippen LogP contribution in [-0.4, -0.2) is 30.1 Å². The van der Waals surface area contributed by atoms with Crippen molar-refractivity contribution in [1.82, 2.24) is 5.32 Å². The van der Waals surface area contributed by atoms with Gasteiger partial charge in [0.2, 0.25) is 5.91 Å². The first-order valence-corrected chi connectivity index (χ1v) is 7.16. The van der Waals surface area contributed by atoms with Gasteiger partial charge in [-0.3, -0.25) is 4.79 Å². The number of hydrogen-bond donors (Lipinski definition) is 2. The Morgan fingerprint density at radius 1 is 1.38 bits per heavy atom. The number of hydrogen-bond acceptors (Lipinski definition) is 3. The van der Waals surface area contributed by atoms with Gasteiger partial charge >= 0.3 is 5.97 Å². The summed E-state index contributed by atoms with van der Waals surface area (Å²) in [6.07, 6.45) is 2.11. The van der Waals surface area contributed by atoms with Gasteiger partial charge in [-0.2, -0.15) is 0 Å². The summed E-state index contributed by atoms with van der Waals surface area (Å²) in [5.41, 5.74) is 0.798. The fourth-order valence-electron chi connectivity index (χ4n) is 2.02. The maximum absolute atomic E-state index is 12.2. The first-order valence-electron chi connectivity index (χ1n) is 7.16. The molecule has 1 rings (SSSR count). The van der Waals surface area contributed by atoms with E-state index in [1.54, 1.807) is 26.2 Å². The number of carbonyl (C=O) groups excluding carboxylic acids is 1. The Morgan fingerprint density at radius 3 is 2.67 bits per heavy atom. The van der Waals surface area contributed by atoms with Crippen LogP contribution in [0.4, 0.5) is 0 Å². The van der Waals surface area contributed by atoms with Gasteiger partial charge in [-0.15, -0.1) is 0 Å². The van der Waals surface area contributed by atoms with Gasteiger partial charge in [-0.1, -0.05) is 31.9 Å². The SMILES string of the molecule is CCCC[C@H](NC(=O)C(C)c1cccc(OC)c1)C(=O)O. The molecule has 1 aromatic rings. The fourth-order valence-corrected chi connectivity index (χ4v) is 2.02. The molecule has 0 fully saturated rings. The maximum atomic E-state index is 12.2. The number of aliphatic carboxylic acids is 1. The molecule has 1 amide bonds. The van der Waals surface area contributed by atoms with Crippen LogP contribution in [0.1, 0.15) is 44.6 Å². The van der Waals surface area contributed by atoms with Gasteiger partial charge < -0.3 is 15.2 Å². The van der Waals surface area contributed by atoms with Crippen molar-refractivity contribution in [3.05, 3.63) is 29.8 Å². The smallest absolute Gasteiger partial charge is 0.326 e. The molecule has 0 saturated carbocycles. The second kappa shape index (κ2) is 8.29. The lowest BCUT2D eigenvalue weighted by Gasteiger charge is -2.18. The van der Waals surface area contributed by atoms with Gasteiger partial charge in [-0.25, -0.2) is 4.79 Å². The lowest BCUT2D eigenvalue weighted by molar-refractivity contribution is -0.142. The lowest BCUT2D eigenvalue weighted by atomic mass is 9.99. The summed E-state index contributed by atoms with van der Waals surface area (Å²) in [7, 11) is 1.56. The van der Waals surface area contributed by atoms with Crippen molar-refractivity contribution >= 4 is 11.9 Å². The quantitative estimate of drug-likeness (QED) is 0.772. The number of benzene rings is 1. The normalized spacial score (nSPS) is 13.3. The molecule has 5 heteroatoms. The predicted molar refractivity (Wildman–Crippen MR) is 80.5 cm³/mol. The minimum Gasteiger partial charge on any atom is -0.497 e. The first kappa shape index (κ1) is 17.0. The van der Waals surface area contributed by atoms with Crippen molar-refractivity contribution in [2.24, 2.45) is 0 Å². The molecule has 116 valence electrons. The molecule has 0 saturated heterocycles. The summed E-state index contributed by atoms with van der Waals surface area (Å²) in [6.45, 7) is 3.74. The Morgan fingerprint density at radius 2 is 2.10 bits per heavy atom. The molecule has 0 heterocycles. The van der Waals surface area contributed by atoms with Gasteiger partial charge in [0.1, 0.15) is 11.8 Å². The first-order chi connectivity index (χ1) is 9.99. The third-order valence-electron chi connectivity index (χ3n) is 3.45. The number of carbonyl (C=O) groups is 2. The van der Waals surface area contributed by atoms with E-state index in [0.717, 1.165) is 18.4 Å². The van der Waals surface area contributed by atoms with Crippen LogP contribution < -0.4 is 10.1 Å². The van der Waals surface area contributed by atoms with Crippen LogP contribution in [0.3, 0.4) is 0 Å². The summed E-state index contributed by atoms with van der Waals surface area (Å²) in [6, 6.07) is 6.39. The summed E-state index contributed by atoms with van der Waals surface area (Å²) < 4.78 is 5.13. The Balaban J connectivity index is 2.74. The van der Waals surface area contributed by atoms with Crippen LogP contribution in [0.2, 0.25) is 0 Å². The van der Waals surface area contributed by atoms with Crippen LogP contribution in [0.25, 0.3) is 0 Å². The summed E-state index contributed by atoms with van der Waals surface area (Å²) in [5.74, 6) is -1.03. The van der Waals surface area contributed by atoms with E-state index >= 15 is 0 Å². The Bertz CT molecular complexity index is 487. The molecule has 0 radical (unpaired) electrons. The van der Waals surface area contributed by atoms with Crippen molar-refractivity contribution in [3.8, 4) is 5.75 Å². The average Bonchev–Trinajstić information content (AvgIpc) is 2.50. The number of rotatable bonds is 8. The van der Waals surface area contributed by atoms with E-state index in [1.807, 2.05) is 19.1 Å². The minimum absolute atomic E-state index is 0.285. The molecule has 0 spiro atoms. The fraction of sp³-hybridized carbons (Fsp3) is 0.500. The molecule has 5 nitrogen and oxygen atoms in total. The number of ether oxygens (including phenoxy) is 1. The molecule has 21 heavy (non-hydrogen) atoms. The van der Waals surface area contributed by atoms with Crippen molar-refractivity contribution in [1.29, 1.82) is 0 Å². The van der Waals surface area contributed by atoms with Gasteiger partial charge in [0.15, 0.2) is 0 Å². The summed E-state index contributed by atoms with van der Waals surface area (Å²) >= 11 is 0. The molecule has 2 atom stereocenters. The van der Waals surface area contributed by atoms with Gasteiger partial charge in [-0.05, 0) is 31.0 Å². The van der Waals surface area contributed by atoms with Crippen molar-refractivity contribution in [3.63, 3.8) is 0 Å². The van der Waals surface area contributed by atoms with E-state index in [1.165, 1.54) is 0 Å². The molecule has 0 aromatic heterocycles. The Hall–Kier alpha value is -2.04. The third-order valence-corrected chi connectivity index (χ3v) is 3.45. The molecule has 0 aliphatic rings. The second-order valence-electron chi connectivity index (χ2n) is 5.04. The van der Waals surface area contributed by atoms with Crippen molar-refractivity contribution in [2.75, 3.05) is 7.11 Å². The Labute approximate surface area is 125 Å². The highest BCUT2D eigenvalue weighted by molar-refractivity contribution is 5.87. The third kappa shape index (κ3) is 5.10. The standard InChI is InChI=1S/C16H23NO4/c1-4-5-9-14(16(19)20)17-15(18)11(2)12-7-6-8-13(10-12)21-3/h6-8,10-11,14H,4-5,9H2,1-3H3,(H,17,18)(H,19,20)/t11?,14-/m0/s1. The summed E-state index contributed by atoms with van der Waals surface area (Å²) in [5, 5.41) is 11.8. The number of nitrogens with one attached hydrogen (secondary N) is 1. The van der Waals surface area contributed by atoms with E-state index in [4.69, 9.17) is 9.84 Å². The van der Waals surface area contributed by atoms with E-state index in [2.05, 4.69) is 5.32 Å². The minimum atomic E-state index is -0.991. The molecule has 1 unspecified atom stereocenters. The van der Waals surface area contributed by atoms with E-state index in [-0.39, 0.29) is 5.91 Å². The highest BCUT2D eigenvalue weighted by Crippen LogP contribution is 2.21. The molecular weight excluding hydrogens is 270 g/mol. The zero-order valence-electron chi connectivity index (χ0n) is 12.8. The topological polar surface area (TPSA) is 75.6 Å². The van der Waals surface area contributed by atoms with Crippen LogP contribution in [0.15, 0.2) is 24.3 Å². The monoisotopic (exact) mass is 293 g/mol. The van der Waals surface area contributed by atoms with E-state index in [9.17, 15) is 9.59 Å². The highest BCUT2D eigenvalue weighted by atomic mass is 16.5. The van der Waals surface area contributed by atoms with Crippen LogP contribution in [-0.2, 0) is 9.59 Å². The van der Waals surface area contributed by atoms with Crippen molar-refractivity contribution in [2.45, 2.75) is 45.1 Å². The number of unbranched alkanes of at least 4 members (excludes halogenated alkanes) is 1. The highest BCUT2D eigenvalue weighted by Gasteiger charge is 2.23. The predicted octanol–water partition coefficient (Wildman–Crippen LogP) is 2.56. The number of carboxylic acid groups (broad SMARTS) is 1. The molecule has 0 aliphatic heterocycles. The zero-order valence-corrected chi connectivity index (χ0v) is 12.8. The van der Waals surface area contributed by atoms with Crippen LogP contribution >= 0.6 is 0 Å². The van der Waals surface area contributed by atoms with Crippen molar-refractivity contribution < 1.29 is 19.4 Å². The number of amides is 1. The van der Waals surface area contributed by atoms with Gasteiger partial charge in [0.05, 0.1) is 13.0 Å². The molecular formula is C16H23NO4. The second-order valence-corrected chi connectivity index (χ2v) is 5.04. The van der Waals surface area contributed by atoms with Crippen LogP contribution in [0.5, 0.6) is 5.75 Å². The Kier molecular flexibility index (Phi) is 6.72. The van der Waals surface area contributed by atoms with E-state index < -0.39 is 17.9 Å². The van der Waals surface area contributed by atoms with Gasteiger partial charge in [0.25, 0.3) is 0 Å². The van der Waals surface area contributed by atoms with E-state index in [0.29, 0.717) is 12.2 Å². The average molecular weight is 293 g/mol. The largest absolute Gasteiger partial charge is 0.497 e. The van der Waals surface area contributed by atoms with Crippen LogP contribution in [0, 0.1) is 0 Å². The summed E-state index contributed by atoms with van der Waals surface area (Å²) in [4.78, 5) is 23.4. The zero-order chi connectivity index (χ0) is 15.8.